The molecule has 0 radical (unpaired) electrons. The number of nitrogens with zero attached hydrogens (tertiary/aromatic N) is 1. The third-order valence-corrected chi connectivity index (χ3v) is 1.59. The molecule has 4 heteroatoms. The van der Waals surface area contributed by atoms with Crippen LogP contribution < -0.4 is 4.74 Å². The second kappa shape index (κ2) is 4.41. The molecule has 1 aromatic rings. The summed E-state index contributed by atoms with van der Waals surface area (Å²) in [5.41, 5.74) is 0.551. The molecule has 4 nitrogen and oxygen atoms in total. The Hall–Kier alpha value is -1.84. The van der Waals surface area contributed by atoms with Gasteiger partial charge < -0.3 is 9.64 Å². The molecular formula is C10H11NO3. The molecule has 0 saturated carbocycles. The zero-order valence-electron chi connectivity index (χ0n) is 8.06. The van der Waals surface area contributed by atoms with E-state index in [0.29, 0.717) is 11.3 Å². The number of aldehydes is 1. The predicted molar refractivity (Wildman–Crippen MR) is 51.5 cm³/mol. The van der Waals surface area contributed by atoms with Gasteiger partial charge in [-0.05, 0) is 24.3 Å². The quantitative estimate of drug-likeness (QED) is 0.669. The number of benzene rings is 1. The molecule has 1 aromatic carbocycles. The Labute approximate surface area is 82.1 Å². The number of amides is 1. The summed E-state index contributed by atoms with van der Waals surface area (Å²) in [6.07, 6.45) is 0.293. The largest absolute Gasteiger partial charge is 0.414 e. The van der Waals surface area contributed by atoms with Crippen molar-refractivity contribution in [2.75, 3.05) is 14.1 Å². The Morgan fingerprint density at radius 2 is 1.86 bits per heavy atom. The van der Waals surface area contributed by atoms with E-state index in [4.69, 9.17) is 4.74 Å². The lowest BCUT2D eigenvalue weighted by Crippen LogP contribution is -2.25. The van der Waals surface area contributed by atoms with E-state index in [9.17, 15) is 9.59 Å². The van der Waals surface area contributed by atoms with Gasteiger partial charge in [0, 0.05) is 19.7 Å². The summed E-state index contributed by atoms with van der Waals surface area (Å²) >= 11 is 0. The van der Waals surface area contributed by atoms with Crippen molar-refractivity contribution in [3.63, 3.8) is 0 Å². The fraction of sp³-hybridized carbons (Fsp3) is 0.200. The molecule has 0 spiro atoms. The van der Waals surface area contributed by atoms with Crippen molar-refractivity contribution in [1.82, 2.24) is 4.90 Å². The summed E-state index contributed by atoms with van der Waals surface area (Å²) in [7, 11) is 3.20. The van der Waals surface area contributed by atoms with Crippen molar-refractivity contribution in [2.24, 2.45) is 0 Å². The van der Waals surface area contributed by atoms with Gasteiger partial charge in [-0.3, -0.25) is 4.79 Å². The SMILES string of the molecule is CN(C)C(=O)Oc1ccc(C=O)cc1. The first-order valence-corrected chi connectivity index (χ1v) is 4.08. The van der Waals surface area contributed by atoms with Gasteiger partial charge in [-0.25, -0.2) is 4.79 Å². The van der Waals surface area contributed by atoms with Crippen LogP contribution in [0.3, 0.4) is 0 Å². The third kappa shape index (κ3) is 2.58. The number of ether oxygens (including phenoxy) is 1. The molecule has 0 bridgehead atoms. The lowest BCUT2D eigenvalue weighted by molar-refractivity contribution is 0.112. The Kier molecular flexibility index (Phi) is 3.23. The molecule has 0 aliphatic heterocycles. The number of carbonyl (C=O) groups excluding carboxylic acids is 2. The van der Waals surface area contributed by atoms with Gasteiger partial charge in [0.15, 0.2) is 0 Å². The van der Waals surface area contributed by atoms with Gasteiger partial charge in [-0.2, -0.15) is 0 Å². The van der Waals surface area contributed by atoms with Gasteiger partial charge in [0.2, 0.25) is 0 Å². The molecule has 74 valence electrons. The summed E-state index contributed by atoms with van der Waals surface area (Å²) in [6.45, 7) is 0. The molecule has 0 aliphatic rings. The minimum absolute atomic E-state index is 0.425. The minimum Gasteiger partial charge on any atom is -0.410 e. The minimum atomic E-state index is -0.441. The molecule has 0 saturated heterocycles. The van der Waals surface area contributed by atoms with Crippen molar-refractivity contribution in [3.8, 4) is 5.75 Å². The first-order valence-electron chi connectivity index (χ1n) is 4.08. The Morgan fingerprint density at radius 3 is 2.29 bits per heavy atom. The van der Waals surface area contributed by atoms with Crippen molar-refractivity contribution in [3.05, 3.63) is 29.8 Å². The highest BCUT2D eigenvalue weighted by Crippen LogP contribution is 2.11. The number of hydrogen-bond acceptors (Lipinski definition) is 3. The summed E-state index contributed by atoms with van der Waals surface area (Å²) in [4.78, 5) is 22.8. The van der Waals surface area contributed by atoms with Crippen LogP contribution in [0.2, 0.25) is 0 Å². The maximum Gasteiger partial charge on any atom is 0.414 e. The van der Waals surface area contributed by atoms with Crippen LogP contribution in [0.25, 0.3) is 0 Å². The van der Waals surface area contributed by atoms with Gasteiger partial charge in [0.1, 0.15) is 12.0 Å². The first-order chi connectivity index (χ1) is 6.63. The van der Waals surface area contributed by atoms with Crippen molar-refractivity contribution >= 4 is 12.4 Å². The maximum atomic E-state index is 11.1. The first kappa shape index (κ1) is 10.2. The highest BCUT2D eigenvalue weighted by atomic mass is 16.6. The van der Waals surface area contributed by atoms with E-state index in [0.717, 1.165) is 6.29 Å². The zero-order valence-corrected chi connectivity index (χ0v) is 8.06. The maximum absolute atomic E-state index is 11.1. The predicted octanol–water partition coefficient (Wildman–Crippen LogP) is 1.56. The fourth-order valence-corrected chi connectivity index (χ4v) is 0.807. The molecule has 0 atom stereocenters. The fourth-order valence-electron chi connectivity index (χ4n) is 0.807. The van der Waals surface area contributed by atoms with Crippen LogP contribution in [0.4, 0.5) is 4.79 Å². The van der Waals surface area contributed by atoms with Crippen molar-refractivity contribution in [2.45, 2.75) is 0 Å². The van der Waals surface area contributed by atoms with Gasteiger partial charge >= 0.3 is 6.09 Å². The van der Waals surface area contributed by atoms with Gasteiger partial charge in [-0.15, -0.1) is 0 Å². The van der Waals surface area contributed by atoms with Crippen LogP contribution in [-0.2, 0) is 0 Å². The number of rotatable bonds is 2. The monoisotopic (exact) mass is 193 g/mol. The molecule has 0 N–H and O–H groups in total. The van der Waals surface area contributed by atoms with Crippen LogP contribution in [0.1, 0.15) is 10.4 Å². The molecule has 1 amide bonds. The van der Waals surface area contributed by atoms with E-state index in [1.165, 1.54) is 4.90 Å². The smallest absolute Gasteiger partial charge is 0.410 e. The lowest BCUT2D eigenvalue weighted by Gasteiger charge is -2.10. The second-order valence-corrected chi connectivity index (χ2v) is 2.95. The number of carbonyl (C=O) groups is 2. The topological polar surface area (TPSA) is 46.6 Å². The van der Waals surface area contributed by atoms with Gasteiger partial charge in [0.25, 0.3) is 0 Å². The van der Waals surface area contributed by atoms with Crippen LogP contribution >= 0.6 is 0 Å². The van der Waals surface area contributed by atoms with Crippen LogP contribution in [0.15, 0.2) is 24.3 Å². The van der Waals surface area contributed by atoms with E-state index < -0.39 is 6.09 Å². The van der Waals surface area contributed by atoms with Crippen LogP contribution in [0.5, 0.6) is 5.75 Å². The number of hydrogen-bond donors (Lipinski definition) is 0. The molecule has 0 unspecified atom stereocenters. The van der Waals surface area contributed by atoms with E-state index in [1.54, 1.807) is 38.4 Å². The lowest BCUT2D eigenvalue weighted by atomic mass is 10.2. The molecule has 0 heterocycles. The van der Waals surface area contributed by atoms with E-state index >= 15 is 0 Å². The second-order valence-electron chi connectivity index (χ2n) is 2.95. The summed E-state index contributed by atoms with van der Waals surface area (Å²) in [6, 6.07) is 6.33. The molecule has 1 rings (SSSR count). The van der Waals surface area contributed by atoms with Gasteiger partial charge in [-0.1, -0.05) is 0 Å². The highest BCUT2D eigenvalue weighted by Gasteiger charge is 2.05. The third-order valence-electron chi connectivity index (χ3n) is 1.59. The Morgan fingerprint density at radius 1 is 1.29 bits per heavy atom. The molecule has 0 aromatic heterocycles. The Balaban J connectivity index is 2.69. The molecule has 14 heavy (non-hydrogen) atoms. The standard InChI is InChI=1S/C10H11NO3/c1-11(2)10(13)14-9-5-3-8(7-12)4-6-9/h3-7H,1-2H3. The molecular weight excluding hydrogens is 182 g/mol. The van der Waals surface area contributed by atoms with E-state index in [1.807, 2.05) is 0 Å². The Bertz CT molecular complexity index is 330. The summed E-state index contributed by atoms with van der Waals surface area (Å²) in [5.74, 6) is 0.425. The van der Waals surface area contributed by atoms with Crippen LogP contribution in [0, 0.1) is 0 Å². The van der Waals surface area contributed by atoms with E-state index in [2.05, 4.69) is 0 Å². The molecule has 0 aliphatic carbocycles. The van der Waals surface area contributed by atoms with Gasteiger partial charge in [0.05, 0.1) is 0 Å². The highest BCUT2D eigenvalue weighted by molar-refractivity contribution is 5.75. The van der Waals surface area contributed by atoms with E-state index in [-0.39, 0.29) is 0 Å². The molecule has 0 fully saturated rings. The normalized spacial score (nSPS) is 9.29. The summed E-state index contributed by atoms with van der Waals surface area (Å²) in [5, 5.41) is 0. The average molecular weight is 193 g/mol. The van der Waals surface area contributed by atoms with Crippen molar-refractivity contribution < 1.29 is 14.3 Å². The summed E-state index contributed by atoms with van der Waals surface area (Å²) < 4.78 is 4.95. The average Bonchev–Trinajstić information content (AvgIpc) is 2.19. The zero-order chi connectivity index (χ0) is 10.6. The van der Waals surface area contributed by atoms with Crippen LogP contribution in [-0.4, -0.2) is 31.4 Å². The van der Waals surface area contributed by atoms with Crippen molar-refractivity contribution in [1.29, 1.82) is 0 Å².